The second-order valence-electron chi connectivity index (χ2n) is 3.15. The van der Waals surface area contributed by atoms with Gasteiger partial charge in [0.2, 0.25) is 0 Å². The monoisotopic (exact) mass is 203 g/mol. The lowest BCUT2D eigenvalue weighted by atomic mass is 9.84. The van der Waals surface area contributed by atoms with Gasteiger partial charge in [-0.3, -0.25) is 4.79 Å². The Labute approximate surface area is 75.8 Å². The van der Waals surface area contributed by atoms with Crippen molar-refractivity contribution >= 4 is 15.8 Å². The molecule has 5 nitrogen and oxygen atoms in total. The van der Waals surface area contributed by atoms with E-state index in [1.807, 2.05) is 0 Å². The van der Waals surface area contributed by atoms with Crippen LogP contribution in [0.4, 0.5) is 0 Å². The summed E-state index contributed by atoms with van der Waals surface area (Å²) in [5, 5.41) is 8.57. The fraction of sp³-hybridized carbons (Fsp3) is 0.571. The predicted octanol–water partition coefficient (Wildman–Crippen LogP) is -1.55. The largest absolute Gasteiger partial charge is 0.480 e. The van der Waals surface area contributed by atoms with Crippen LogP contribution in [-0.4, -0.2) is 37.0 Å². The first-order valence-corrected chi connectivity index (χ1v) is 5.32. The fourth-order valence-corrected chi connectivity index (χ4v) is 3.34. The zero-order valence-corrected chi connectivity index (χ0v) is 7.54. The van der Waals surface area contributed by atoms with Crippen LogP contribution in [0.5, 0.6) is 0 Å². The molecule has 72 valence electrons. The minimum absolute atomic E-state index is 0.329. The molecule has 13 heavy (non-hydrogen) atoms. The quantitative estimate of drug-likeness (QED) is 0.529. The van der Waals surface area contributed by atoms with Crippen molar-refractivity contribution in [2.24, 2.45) is 11.1 Å². The summed E-state index contributed by atoms with van der Waals surface area (Å²) >= 11 is 0. The lowest BCUT2D eigenvalue weighted by molar-refractivity contribution is -0.140. The molecule has 1 aliphatic rings. The second-order valence-corrected chi connectivity index (χ2v) is 5.21. The molecule has 1 aliphatic heterocycles. The van der Waals surface area contributed by atoms with Gasteiger partial charge in [-0.05, 0) is 0 Å². The van der Waals surface area contributed by atoms with E-state index in [1.54, 1.807) is 0 Å². The normalized spacial score (nSPS) is 25.2. The Balaban J connectivity index is 2.90. The standard InChI is InChI=1S/C7H9NO4S/c1-2-7(5(8)6(9)10)3-13(11,12)4-7/h1,5H,3-4,8H2,(H,9,10). The number of sulfone groups is 1. The van der Waals surface area contributed by atoms with E-state index in [4.69, 9.17) is 17.3 Å². The van der Waals surface area contributed by atoms with Crippen molar-refractivity contribution in [1.82, 2.24) is 0 Å². The minimum Gasteiger partial charge on any atom is -0.480 e. The zero-order chi connectivity index (χ0) is 10.3. The highest BCUT2D eigenvalue weighted by Gasteiger charge is 2.54. The van der Waals surface area contributed by atoms with Crippen molar-refractivity contribution in [2.45, 2.75) is 6.04 Å². The van der Waals surface area contributed by atoms with E-state index in [1.165, 1.54) is 0 Å². The van der Waals surface area contributed by atoms with Crippen LogP contribution >= 0.6 is 0 Å². The van der Waals surface area contributed by atoms with Crippen LogP contribution in [0.2, 0.25) is 0 Å². The lowest BCUT2D eigenvalue weighted by Gasteiger charge is -2.38. The Morgan fingerprint density at radius 2 is 2.08 bits per heavy atom. The van der Waals surface area contributed by atoms with Gasteiger partial charge in [-0.15, -0.1) is 6.42 Å². The number of aliphatic carboxylic acids is 1. The third-order valence-electron chi connectivity index (χ3n) is 2.10. The van der Waals surface area contributed by atoms with E-state index in [9.17, 15) is 13.2 Å². The van der Waals surface area contributed by atoms with Gasteiger partial charge >= 0.3 is 5.97 Å². The van der Waals surface area contributed by atoms with E-state index in [-0.39, 0.29) is 11.5 Å². The summed E-state index contributed by atoms with van der Waals surface area (Å²) in [4.78, 5) is 10.5. The molecule has 1 heterocycles. The van der Waals surface area contributed by atoms with Crippen molar-refractivity contribution in [3.8, 4) is 12.3 Å². The summed E-state index contributed by atoms with van der Waals surface area (Å²) in [6.07, 6.45) is 5.07. The average Bonchev–Trinajstić information content (AvgIpc) is 1.97. The number of carboxylic acid groups (broad SMARTS) is 1. The highest BCUT2D eigenvalue weighted by atomic mass is 32.2. The number of nitrogens with two attached hydrogens (primary N) is 1. The summed E-state index contributed by atoms with van der Waals surface area (Å²) < 4.78 is 21.7. The molecule has 3 N–H and O–H groups in total. The molecule has 1 unspecified atom stereocenters. The number of terminal acetylenes is 1. The van der Waals surface area contributed by atoms with E-state index < -0.39 is 27.3 Å². The zero-order valence-electron chi connectivity index (χ0n) is 6.73. The molecule has 0 radical (unpaired) electrons. The highest BCUT2D eigenvalue weighted by molar-refractivity contribution is 7.92. The first-order chi connectivity index (χ1) is 5.83. The Bertz CT molecular complexity index is 366. The summed E-state index contributed by atoms with van der Waals surface area (Å²) in [6, 6.07) is -1.30. The maximum Gasteiger partial charge on any atom is 0.322 e. The number of rotatable bonds is 2. The number of carbonyl (C=O) groups is 1. The van der Waals surface area contributed by atoms with E-state index >= 15 is 0 Å². The van der Waals surface area contributed by atoms with Crippen LogP contribution in [0.3, 0.4) is 0 Å². The van der Waals surface area contributed by atoms with Gasteiger partial charge in [0, 0.05) is 0 Å². The lowest BCUT2D eigenvalue weighted by Crippen LogP contribution is -2.60. The Morgan fingerprint density at radius 1 is 1.62 bits per heavy atom. The van der Waals surface area contributed by atoms with Crippen molar-refractivity contribution in [3.05, 3.63) is 0 Å². The molecular weight excluding hydrogens is 194 g/mol. The predicted molar refractivity (Wildman–Crippen MR) is 45.5 cm³/mol. The summed E-state index contributed by atoms with van der Waals surface area (Å²) in [5.41, 5.74) is 4.08. The van der Waals surface area contributed by atoms with Crippen LogP contribution in [0, 0.1) is 17.8 Å². The van der Waals surface area contributed by atoms with Gasteiger partial charge in [-0.2, -0.15) is 0 Å². The van der Waals surface area contributed by atoms with Gasteiger partial charge in [-0.25, -0.2) is 8.42 Å². The van der Waals surface area contributed by atoms with E-state index in [0.717, 1.165) is 0 Å². The molecule has 0 saturated carbocycles. The molecule has 0 aliphatic carbocycles. The molecule has 1 rings (SSSR count). The maximum absolute atomic E-state index is 10.8. The third-order valence-corrected chi connectivity index (χ3v) is 4.01. The van der Waals surface area contributed by atoms with Crippen LogP contribution in [0.25, 0.3) is 0 Å². The number of hydrogen-bond acceptors (Lipinski definition) is 4. The van der Waals surface area contributed by atoms with Crippen LogP contribution in [0.15, 0.2) is 0 Å². The summed E-state index contributed by atoms with van der Waals surface area (Å²) in [6.45, 7) is 0. The summed E-state index contributed by atoms with van der Waals surface area (Å²) in [7, 11) is -3.17. The van der Waals surface area contributed by atoms with Crippen LogP contribution in [-0.2, 0) is 14.6 Å². The number of hydrogen-bond donors (Lipinski definition) is 2. The van der Waals surface area contributed by atoms with Crippen LogP contribution in [0.1, 0.15) is 0 Å². The molecule has 1 atom stereocenters. The first-order valence-electron chi connectivity index (χ1n) is 3.49. The second kappa shape index (κ2) is 2.72. The molecule has 0 aromatic carbocycles. The first kappa shape index (κ1) is 10.0. The fourth-order valence-electron chi connectivity index (χ4n) is 1.33. The van der Waals surface area contributed by atoms with Gasteiger partial charge in [0.15, 0.2) is 9.84 Å². The molecular formula is C7H9NO4S. The average molecular weight is 203 g/mol. The van der Waals surface area contributed by atoms with Gasteiger partial charge < -0.3 is 10.8 Å². The third kappa shape index (κ3) is 1.53. The Hall–Kier alpha value is -1.06. The molecule has 0 amide bonds. The van der Waals surface area contributed by atoms with Crippen molar-refractivity contribution < 1.29 is 18.3 Å². The summed E-state index contributed by atoms with van der Waals surface area (Å²) in [5.74, 6) is 0.237. The Morgan fingerprint density at radius 3 is 2.31 bits per heavy atom. The molecule has 6 heteroatoms. The SMILES string of the molecule is C#CC1(C(N)C(=O)O)CS(=O)(=O)C1. The number of carboxylic acids is 1. The van der Waals surface area contributed by atoms with Crippen molar-refractivity contribution in [2.75, 3.05) is 11.5 Å². The van der Waals surface area contributed by atoms with E-state index in [2.05, 4.69) is 5.92 Å². The minimum atomic E-state index is -3.17. The molecule has 1 fully saturated rings. The molecule has 0 spiro atoms. The van der Waals surface area contributed by atoms with Crippen molar-refractivity contribution in [3.63, 3.8) is 0 Å². The van der Waals surface area contributed by atoms with Gasteiger partial charge in [0.05, 0.1) is 16.9 Å². The van der Waals surface area contributed by atoms with Gasteiger partial charge in [0.25, 0.3) is 0 Å². The molecule has 0 aromatic heterocycles. The molecule has 0 bridgehead atoms. The smallest absolute Gasteiger partial charge is 0.322 e. The maximum atomic E-state index is 10.8. The van der Waals surface area contributed by atoms with Crippen molar-refractivity contribution in [1.29, 1.82) is 0 Å². The topological polar surface area (TPSA) is 97.5 Å². The van der Waals surface area contributed by atoms with Gasteiger partial charge in [-0.1, -0.05) is 5.92 Å². The molecule has 0 aromatic rings. The highest BCUT2D eigenvalue weighted by Crippen LogP contribution is 2.34. The van der Waals surface area contributed by atoms with Crippen LogP contribution < -0.4 is 5.73 Å². The van der Waals surface area contributed by atoms with E-state index in [0.29, 0.717) is 0 Å². The van der Waals surface area contributed by atoms with Gasteiger partial charge in [0.1, 0.15) is 6.04 Å². The molecule has 1 saturated heterocycles. The Kier molecular flexibility index (Phi) is 2.10.